The number of aromatic nitrogens is 1. The highest BCUT2D eigenvalue weighted by Gasteiger charge is 2.29. The lowest BCUT2D eigenvalue weighted by Gasteiger charge is -2.34. The van der Waals surface area contributed by atoms with Gasteiger partial charge < -0.3 is 15.3 Å². The van der Waals surface area contributed by atoms with E-state index in [0.29, 0.717) is 24.5 Å². The lowest BCUT2D eigenvalue weighted by molar-refractivity contribution is 0.0474. The summed E-state index contributed by atoms with van der Waals surface area (Å²) in [5.41, 5.74) is 0.604. The maximum absolute atomic E-state index is 12.7. The summed E-state index contributed by atoms with van der Waals surface area (Å²) >= 11 is 1.59. The van der Waals surface area contributed by atoms with Crippen molar-refractivity contribution < 1.29 is 9.90 Å². The van der Waals surface area contributed by atoms with Gasteiger partial charge >= 0.3 is 0 Å². The van der Waals surface area contributed by atoms with Crippen LogP contribution in [-0.2, 0) is 0 Å². The summed E-state index contributed by atoms with van der Waals surface area (Å²) < 4.78 is 0. The van der Waals surface area contributed by atoms with Crippen LogP contribution in [0.1, 0.15) is 34.2 Å². The third-order valence-corrected chi connectivity index (χ3v) is 5.33. The molecule has 1 aliphatic heterocycles. The topological polar surface area (TPSA) is 65.5 Å². The molecule has 2 aromatic heterocycles. The van der Waals surface area contributed by atoms with E-state index in [9.17, 15) is 9.90 Å². The maximum Gasteiger partial charge on any atom is 0.257 e. The molecule has 1 saturated heterocycles. The van der Waals surface area contributed by atoms with Gasteiger partial charge in [0.15, 0.2) is 0 Å². The van der Waals surface area contributed by atoms with Gasteiger partial charge in [-0.05, 0) is 42.3 Å². The van der Waals surface area contributed by atoms with Gasteiger partial charge in [-0.1, -0.05) is 6.07 Å². The summed E-state index contributed by atoms with van der Waals surface area (Å²) in [4.78, 5) is 19.7. The fourth-order valence-corrected chi connectivity index (χ4v) is 3.86. The largest absolute Gasteiger partial charge is 0.387 e. The second-order valence-electron chi connectivity index (χ2n) is 5.74. The molecule has 0 bridgehead atoms. The molecule has 1 amide bonds. The Labute approximate surface area is 140 Å². The summed E-state index contributed by atoms with van der Waals surface area (Å²) in [5.74, 6) is 0.833. The minimum absolute atomic E-state index is 0.00603. The number of nitrogens with one attached hydrogen (secondary N) is 1. The third kappa shape index (κ3) is 3.38. The molecule has 2 N–H and O–H groups in total. The number of pyridine rings is 1. The highest BCUT2D eigenvalue weighted by atomic mass is 32.1. The van der Waals surface area contributed by atoms with Crippen LogP contribution in [-0.4, -0.2) is 41.0 Å². The summed E-state index contributed by atoms with van der Waals surface area (Å²) in [5, 5.41) is 15.4. The van der Waals surface area contributed by atoms with Crippen LogP contribution < -0.4 is 5.32 Å². The molecule has 23 heavy (non-hydrogen) atoms. The van der Waals surface area contributed by atoms with E-state index in [1.807, 2.05) is 22.4 Å². The third-order valence-electron chi connectivity index (χ3n) is 4.38. The molecule has 122 valence electrons. The smallest absolute Gasteiger partial charge is 0.257 e. The number of likely N-dealkylation sites (tertiary alicyclic amines) is 1. The van der Waals surface area contributed by atoms with E-state index < -0.39 is 6.10 Å². The van der Waals surface area contributed by atoms with Crippen LogP contribution in [0.5, 0.6) is 0 Å². The minimum atomic E-state index is -0.418. The first-order chi connectivity index (χ1) is 11.2. The highest BCUT2D eigenvalue weighted by Crippen LogP contribution is 2.33. The maximum atomic E-state index is 12.7. The first-order valence-corrected chi connectivity index (χ1v) is 8.72. The van der Waals surface area contributed by atoms with Crippen molar-refractivity contribution in [1.29, 1.82) is 0 Å². The Morgan fingerprint density at radius 2 is 2.17 bits per heavy atom. The van der Waals surface area contributed by atoms with E-state index in [1.54, 1.807) is 36.7 Å². The molecule has 3 rings (SSSR count). The van der Waals surface area contributed by atoms with Crippen LogP contribution in [0.3, 0.4) is 0 Å². The Balaban J connectivity index is 1.63. The Bertz CT molecular complexity index is 652. The number of amides is 1. The van der Waals surface area contributed by atoms with Gasteiger partial charge in [0.05, 0.1) is 11.7 Å². The number of hydrogen-bond acceptors (Lipinski definition) is 5. The molecular weight excluding hydrogens is 310 g/mol. The summed E-state index contributed by atoms with van der Waals surface area (Å²) in [7, 11) is 1.77. The van der Waals surface area contributed by atoms with E-state index in [2.05, 4.69) is 10.3 Å². The van der Waals surface area contributed by atoms with Gasteiger partial charge in [-0.15, -0.1) is 11.3 Å². The average molecular weight is 331 g/mol. The number of nitrogens with zero attached hydrogens (tertiary/aromatic N) is 2. The molecule has 0 saturated carbocycles. The molecule has 1 unspecified atom stereocenters. The van der Waals surface area contributed by atoms with Gasteiger partial charge in [0.2, 0.25) is 0 Å². The minimum Gasteiger partial charge on any atom is -0.387 e. The van der Waals surface area contributed by atoms with Crippen LogP contribution in [0.15, 0.2) is 35.8 Å². The Hall–Kier alpha value is -1.92. The first kappa shape index (κ1) is 16.0. The van der Waals surface area contributed by atoms with Crippen molar-refractivity contribution in [3.63, 3.8) is 0 Å². The number of carbonyl (C=O) groups is 1. The molecule has 1 aliphatic rings. The van der Waals surface area contributed by atoms with Crippen molar-refractivity contribution in [3.8, 4) is 0 Å². The predicted molar refractivity (Wildman–Crippen MR) is 91.7 cm³/mol. The van der Waals surface area contributed by atoms with E-state index in [0.717, 1.165) is 17.7 Å². The van der Waals surface area contributed by atoms with Crippen molar-refractivity contribution in [3.05, 3.63) is 46.3 Å². The molecule has 2 aromatic rings. The zero-order chi connectivity index (χ0) is 16.2. The molecular formula is C17H21N3O2S. The Morgan fingerprint density at radius 3 is 2.83 bits per heavy atom. The number of carbonyl (C=O) groups excluding carboxylic acids is 1. The van der Waals surface area contributed by atoms with Crippen molar-refractivity contribution in [2.24, 2.45) is 5.92 Å². The van der Waals surface area contributed by atoms with Crippen molar-refractivity contribution in [2.75, 3.05) is 25.5 Å². The Kier molecular flexibility index (Phi) is 4.93. The molecule has 0 aromatic carbocycles. The number of piperidine rings is 1. The van der Waals surface area contributed by atoms with Crippen LogP contribution in [0.2, 0.25) is 0 Å². The standard InChI is InChI=1S/C17H21N3O2S/c1-18-16-13(4-2-8-19-16)17(22)20-9-6-12(7-10-20)15(21)14-5-3-11-23-14/h2-5,8,11-12,15,21H,6-7,9-10H2,1H3,(H,18,19). The van der Waals surface area contributed by atoms with E-state index in [4.69, 9.17) is 0 Å². The number of anilines is 1. The van der Waals surface area contributed by atoms with Crippen molar-refractivity contribution >= 4 is 23.1 Å². The van der Waals surface area contributed by atoms with E-state index in [1.165, 1.54) is 0 Å². The predicted octanol–water partition coefficient (Wildman–Crippen LogP) is 2.77. The van der Waals surface area contributed by atoms with E-state index >= 15 is 0 Å². The van der Waals surface area contributed by atoms with Crippen LogP contribution >= 0.6 is 11.3 Å². The van der Waals surface area contributed by atoms with Gasteiger partial charge in [-0.25, -0.2) is 4.98 Å². The van der Waals surface area contributed by atoms with Crippen LogP contribution in [0, 0.1) is 5.92 Å². The summed E-state index contributed by atoms with van der Waals surface area (Å²) in [6.45, 7) is 1.34. The molecule has 0 radical (unpaired) electrons. The summed E-state index contributed by atoms with van der Waals surface area (Å²) in [6.07, 6.45) is 2.89. The second kappa shape index (κ2) is 7.10. The monoisotopic (exact) mass is 331 g/mol. The number of thiophene rings is 1. The van der Waals surface area contributed by atoms with Gasteiger partial charge in [-0.3, -0.25) is 4.79 Å². The van der Waals surface area contributed by atoms with Crippen molar-refractivity contribution in [1.82, 2.24) is 9.88 Å². The molecule has 5 nitrogen and oxygen atoms in total. The molecule has 1 atom stereocenters. The lowest BCUT2D eigenvalue weighted by atomic mass is 9.90. The molecule has 1 fully saturated rings. The van der Waals surface area contributed by atoms with Gasteiger partial charge in [0.25, 0.3) is 5.91 Å². The fourth-order valence-electron chi connectivity index (χ4n) is 3.06. The van der Waals surface area contributed by atoms with Gasteiger partial charge in [0, 0.05) is 31.2 Å². The van der Waals surface area contributed by atoms with Crippen LogP contribution in [0.25, 0.3) is 0 Å². The number of hydrogen-bond donors (Lipinski definition) is 2. The molecule has 0 aliphatic carbocycles. The lowest BCUT2D eigenvalue weighted by Crippen LogP contribution is -2.40. The zero-order valence-electron chi connectivity index (χ0n) is 13.1. The molecule has 3 heterocycles. The average Bonchev–Trinajstić information content (AvgIpc) is 3.15. The number of rotatable bonds is 4. The number of aliphatic hydroxyl groups excluding tert-OH is 1. The Morgan fingerprint density at radius 1 is 1.39 bits per heavy atom. The molecule has 6 heteroatoms. The summed E-state index contributed by atoms with van der Waals surface area (Å²) in [6, 6.07) is 7.51. The first-order valence-electron chi connectivity index (χ1n) is 7.84. The fraction of sp³-hybridized carbons (Fsp3) is 0.412. The normalized spacial score (nSPS) is 17.0. The number of aliphatic hydroxyl groups is 1. The van der Waals surface area contributed by atoms with Gasteiger partial charge in [0.1, 0.15) is 5.82 Å². The van der Waals surface area contributed by atoms with E-state index in [-0.39, 0.29) is 11.8 Å². The van der Waals surface area contributed by atoms with Gasteiger partial charge in [-0.2, -0.15) is 0 Å². The van der Waals surface area contributed by atoms with Crippen LogP contribution in [0.4, 0.5) is 5.82 Å². The quantitative estimate of drug-likeness (QED) is 0.904. The van der Waals surface area contributed by atoms with Crippen molar-refractivity contribution in [2.45, 2.75) is 18.9 Å². The second-order valence-corrected chi connectivity index (χ2v) is 6.72. The zero-order valence-corrected chi connectivity index (χ0v) is 13.9. The molecule has 0 spiro atoms. The highest BCUT2D eigenvalue weighted by molar-refractivity contribution is 7.10. The SMILES string of the molecule is CNc1ncccc1C(=O)N1CCC(C(O)c2cccs2)CC1.